The average Bonchev–Trinajstić information content (AvgIpc) is 2.29. The lowest BCUT2D eigenvalue weighted by Crippen LogP contribution is -2.28. The largest absolute Gasteiger partial charge is 0.461 e. The fraction of sp³-hybridized carbons (Fsp3) is 0.308. The molecular formula is C13H13F2IO2. The SMILES string of the molecule is CCOC(=O)C(F)(F)/C=C(/I)Cc1ccccc1. The molecule has 0 saturated carbocycles. The van der Waals surface area contributed by atoms with Crippen molar-refractivity contribution in [3.05, 3.63) is 45.6 Å². The van der Waals surface area contributed by atoms with E-state index in [-0.39, 0.29) is 6.61 Å². The summed E-state index contributed by atoms with van der Waals surface area (Å²) in [6.45, 7) is 1.43. The Balaban J connectivity index is 2.73. The minimum absolute atomic E-state index is 0.0580. The Morgan fingerprint density at radius 3 is 2.56 bits per heavy atom. The van der Waals surface area contributed by atoms with Crippen LogP contribution >= 0.6 is 22.6 Å². The highest BCUT2D eigenvalue weighted by Gasteiger charge is 2.38. The van der Waals surface area contributed by atoms with Crippen LogP contribution in [-0.4, -0.2) is 18.5 Å². The summed E-state index contributed by atoms with van der Waals surface area (Å²) in [6, 6.07) is 9.21. The fourth-order valence-electron chi connectivity index (χ4n) is 1.32. The summed E-state index contributed by atoms with van der Waals surface area (Å²) < 4.78 is 31.5. The van der Waals surface area contributed by atoms with E-state index in [2.05, 4.69) is 4.74 Å². The average molecular weight is 366 g/mol. The number of hydrogen-bond acceptors (Lipinski definition) is 2. The molecular weight excluding hydrogens is 353 g/mol. The lowest BCUT2D eigenvalue weighted by atomic mass is 10.1. The minimum atomic E-state index is -3.57. The quantitative estimate of drug-likeness (QED) is 0.586. The second-order valence-corrected chi connectivity index (χ2v) is 4.98. The van der Waals surface area contributed by atoms with Crippen molar-refractivity contribution in [1.29, 1.82) is 0 Å². The van der Waals surface area contributed by atoms with E-state index in [0.717, 1.165) is 5.56 Å². The van der Waals surface area contributed by atoms with Crippen LogP contribution in [0.15, 0.2) is 40.0 Å². The maximum atomic E-state index is 13.4. The summed E-state index contributed by atoms with van der Waals surface area (Å²) in [6.07, 6.45) is 1.02. The highest BCUT2D eigenvalue weighted by atomic mass is 127. The van der Waals surface area contributed by atoms with E-state index in [9.17, 15) is 13.6 Å². The Labute approximate surface area is 118 Å². The van der Waals surface area contributed by atoms with Gasteiger partial charge in [-0.1, -0.05) is 30.3 Å². The molecule has 1 aromatic rings. The number of ether oxygens (including phenoxy) is 1. The van der Waals surface area contributed by atoms with E-state index >= 15 is 0 Å². The Morgan fingerprint density at radius 1 is 1.39 bits per heavy atom. The van der Waals surface area contributed by atoms with Gasteiger partial charge in [0.25, 0.3) is 0 Å². The van der Waals surface area contributed by atoms with Crippen molar-refractivity contribution in [1.82, 2.24) is 0 Å². The van der Waals surface area contributed by atoms with E-state index in [4.69, 9.17) is 0 Å². The van der Waals surface area contributed by atoms with Crippen molar-refractivity contribution in [3.8, 4) is 0 Å². The van der Waals surface area contributed by atoms with Crippen LogP contribution in [0.4, 0.5) is 8.78 Å². The fourth-order valence-corrected chi connectivity index (χ4v) is 2.16. The Bertz CT molecular complexity index is 430. The van der Waals surface area contributed by atoms with Gasteiger partial charge in [-0.05, 0) is 38.7 Å². The molecule has 0 radical (unpaired) electrons. The van der Waals surface area contributed by atoms with Gasteiger partial charge < -0.3 is 4.74 Å². The van der Waals surface area contributed by atoms with E-state index in [0.29, 0.717) is 16.1 Å². The third kappa shape index (κ3) is 4.72. The topological polar surface area (TPSA) is 26.3 Å². The molecule has 0 aromatic heterocycles. The van der Waals surface area contributed by atoms with Crippen LogP contribution in [-0.2, 0) is 16.0 Å². The zero-order valence-corrected chi connectivity index (χ0v) is 12.0. The van der Waals surface area contributed by atoms with Gasteiger partial charge in [0, 0.05) is 12.5 Å². The lowest BCUT2D eigenvalue weighted by molar-refractivity contribution is -0.164. The van der Waals surface area contributed by atoms with Crippen LogP contribution in [0.2, 0.25) is 0 Å². The zero-order chi connectivity index (χ0) is 13.6. The number of esters is 1. The highest BCUT2D eigenvalue weighted by molar-refractivity contribution is 14.1. The number of rotatable bonds is 5. The molecule has 1 rings (SSSR count). The lowest BCUT2D eigenvalue weighted by Gasteiger charge is -2.11. The number of allylic oxidation sites excluding steroid dienone is 1. The molecule has 0 amide bonds. The monoisotopic (exact) mass is 366 g/mol. The van der Waals surface area contributed by atoms with Gasteiger partial charge in [-0.25, -0.2) is 4.79 Å². The molecule has 5 heteroatoms. The van der Waals surface area contributed by atoms with Crippen molar-refractivity contribution in [2.45, 2.75) is 19.3 Å². The molecule has 98 valence electrons. The molecule has 1 aromatic carbocycles. The molecule has 0 atom stereocenters. The first kappa shape index (κ1) is 15.1. The van der Waals surface area contributed by atoms with Gasteiger partial charge in [-0.15, -0.1) is 0 Å². The minimum Gasteiger partial charge on any atom is -0.461 e. The zero-order valence-electron chi connectivity index (χ0n) is 9.83. The Kier molecular flexibility index (Phi) is 5.71. The first-order valence-corrected chi connectivity index (χ1v) is 6.49. The molecule has 0 heterocycles. The number of carbonyl (C=O) groups excluding carboxylic acids is 1. The molecule has 0 saturated heterocycles. The number of hydrogen-bond donors (Lipinski definition) is 0. The van der Waals surface area contributed by atoms with Crippen LogP contribution < -0.4 is 0 Å². The Hall–Kier alpha value is -0.980. The van der Waals surface area contributed by atoms with E-state index in [1.54, 1.807) is 22.6 Å². The first-order chi connectivity index (χ1) is 8.45. The summed E-state index contributed by atoms with van der Waals surface area (Å²) in [5.74, 6) is -5.08. The second kappa shape index (κ2) is 6.82. The van der Waals surface area contributed by atoms with Crippen molar-refractivity contribution in [3.63, 3.8) is 0 Å². The maximum Gasteiger partial charge on any atom is 0.381 e. The molecule has 0 fully saturated rings. The van der Waals surface area contributed by atoms with Gasteiger partial charge in [0.05, 0.1) is 6.61 Å². The molecule has 18 heavy (non-hydrogen) atoms. The van der Waals surface area contributed by atoms with Crippen molar-refractivity contribution in [2.24, 2.45) is 0 Å². The summed E-state index contributed by atoms with van der Waals surface area (Å²) in [4.78, 5) is 11.0. The summed E-state index contributed by atoms with van der Waals surface area (Å²) in [7, 11) is 0. The second-order valence-electron chi connectivity index (χ2n) is 3.60. The predicted octanol–water partition coefficient (Wildman–Crippen LogP) is 3.75. The number of alkyl halides is 2. The normalized spacial score (nSPS) is 12.3. The third-order valence-electron chi connectivity index (χ3n) is 2.10. The van der Waals surface area contributed by atoms with Crippen molar-refractivity contribution < 1.29 is 18.3 Å². The number of carbonyl (C=O) groups is 1. The third-order valence-corrected chi connectivity index (χ3v) is 2.79. The summed E-state index contributed by atoms with van der Waals surface area (Å²) >= 11 is 1.81. The molecule has 0 spiro atoms. The molecule has 0 aliphatic rings. The molecule has 0 bridgehead atoms. The Morgan fingerprint density at radius 2 is 2.00 bits per heavy atom. The van der Waals surface area contributed by atoms with Crippen LogP contribution in [0.5, 0.6) is 0 Å². The number of halogens is 3. The van der Waals surface area contributed by atoms with Gasteiger partial charge in [0.1, 0.15) is 0 Å². The highest BCUT2D eigenvalue weighted by Crippen LogP contribution is 2.24. The standard InChI is InChI=1S/C13H13F2IO2/c1-2-18-12(17)13(14,15)9-11(16)8-10-6-4-3-5-7-10/h3-7,9H,2,8H2,1H3/b11-9+. The molecule has 0 unspecified atom stereocenters. The van der Waals surface area contributed by atoms with Gasteiger partial charge in [0.2, 0.25) is 0 Å². The smallest absolute Gasteiger partial charge is 0.381 e. The summed E-state index contributed by atoms with van der Waals surface area (Å²) in [5.41, 5.74) is 0.915. The first-order valence-electron chi connectivity index (χ1n) is 5.42. The molecule has 0 aliphatic heterocycles. The van der Waals surface area contributed by atoms with Gasteiger partial charge in [0.15, 0.2) is 0 Å². The van der Waals surface area contributed by atoms with E-state index in [1.807, 2.05) is 30.3 Å². The van der Waals surface area contributed by atoms with Crippen LogP contribution in [0.3, 0.4) is 0 Å². The van der Waals surface area contributed by atoms with E-state index < -0.39 is 11.9 Å². The van der Waals surface area contributed by atoms with Crippen LogP contribution in [0, 0.1) is 0 Å². The van der Waals surface area contributed by atoms with Gasteiger partial charge >= 0.3 is 11.9 Å². The number of benzene rings is 1. The molecule has 0 aliphatic carbocycles. The molecule has 0 N–H and O–H groups in total. The maximum absolute atomic E-state index is 13.4. The molecule has 2 nitrogen and oxygen atoms in total. The predicted molar refractivity (Wildman–Crippen MR) is 73.8 cm³/mol. The van der Waals surface area contributed by atoms with E-state index in [1.165, 1.54) is 6.92 Å². The van der Waals surface area contributed by atoms with Gasteiger partial charge in [-0.3, -0.25) is 0 Å². The van der Waals surface area contributed by atoms with Crippen LogP contribution in [0.1, 0.15) is 12.5 Å². The van der Waals surface area contributed by atoms with Crippen molar-refractivity contribution in [2.75, 3.05) is 6.61 Å². The van der Waals surface area contributed by atoms with Crippen LogP contribution in [0.25, 0.3) is 0 Å². The summed E-state index contributed by atoms with van der Waals surface area (Å²) in [5, 5.41) is 0. The van der Waals surface area contributed by atoms with Crippen molar-refractivity contribution >= 4 is 28.6 Å². The van der Waals surface area contributed by atoms with Gasteiger partial charge in [-0.2, -0.15) is 8.78 Å².